The van der Waals surface area contributed by atoms with Gasteiger partial charge in [0.05, 0.1) is 0 Å². The zero-order valence-corrected chi connectivity index (χ0v) is 11.7. The normalized spacial score (nSPS) is 11.5. The Balaban J connectivity index is 1.83. The zero-order valence-electron chi connectivity index (χ0n) is 11.7. The number of ketones is 1. The lowest BCUT2D eigenvalue weighted by Crippen LogP contribution is -2.28. The Bertz CT molecular complexity index is 593. The van der Waals surface area contributed by atoms with E-state index in [0.29, 0.717) is 11.3 Å². The Morgan fingerprint density at radius 3 is 2.14 bits per heavy atom. The van der Waals surface area contributed by atoms with Gasteiger partial charge in [-0.2, -0.15) is 0 Å². The van der Waals surface area contributed by atoms with E-state index >= 15 is 0 Å². The predicted molar refractivity (Wildman–Crippen MR) is 78.3 cm³/mol. The lowest BCUT2D eigenvalue weighted by atomic mass is 10.1. The topological polar surface area (TPSA) is 52.6 Å². The second-order valence-electron chi connectivity index (χ2n) is 4.47. The second kappa shape index (κ2) is 7.24. The average Bonchev–Trinajstić information content (AvgIpc) is 2.54. The molecule has 0 aliphatic carbocycles. The summed E-state index contributed by atoms with van der Waals surface area (Å²) >= 11 is 0. The molecule has 0 N–H and O–H groups in total. The maximum Gasteiger partial charge on any atom is 0.347 e. The minimum atomic E-state index is -0.768. The minimum Gasteiger partial charge on any atom is -0.479 e. The highest BCUT2D eigenvalue weighted by Crippen LogP contribution is 2.11. The molecule has 108 valence electrons. The number of benzene rings is 2. The van der Waals surface area contributed by atoms with Crippen LogP contribution >= 0.6 is 0 Å². The summed E-state index contributed by atoms with van der Waals surface area (Å²) in [7, 11) is 0. The molecule has 0 fully saturated rings. The molecule has 0 bridgehead atoms. The fraction of sp³-hybridized carbons (Fsp3) is 0.176. The van der Waals surface area contributed by atoms with Crippen LogP contribution in [0.4, 0.5) is 0 Å². The molecular formula is C17H16O4. The van der Waals surface area contributed by atoms with Gasteiger partial charge in [-0.3, -0.25) is 4.79 Å². The Hall–Kier alpha value is -2.62. The average molecular weight is 284 g/mol. The van der Waals surface area contributed by atoms with E-state index < -0.39 is 12.1 Å². The van der Waals surface area contributed by atoms with Crippen molar-refractivity contribution in [2.45, 2.75) is 13.0 Å². The van der Waals surface area contributed by atoms with Crippen LogP contribution in [-0.2, 0) is 9.53 Å². The van der Waals surface area contributed by atoms with Crippen molar-refractivity contribution in [2.24, 2.45) is 0 Å². The van der Waals surface area contributed by atoms with Crippen LogP contribution in [0.1, 0.15) is 17.3 Å². The van der Waals surface area contributed by atoms with Gasteiger partial charge >= 0.3 is 5.97 Å². The van der Waals surface area contributed by atoms with E-state index in [-0.39, 0.29) is 12.4 Å². The molecule has 0 saturated heterocycles. The van der Waals surface area contributed by atoms with Crippen molar-refractivity contribution in [3.05, 3.63) is 66.2 Å². The van der Waals surface area contributed by atoms with Gasteiger partial charge in [0.15, 0.2) is 18.5 Å². The number of rotatable bonds is 6. The number of Topliss-reactive ketones (excluding diaryl/α,β-unsaturated/α-hetero) is 1. The monoisotopic (exact) mass is 284 g/mol. The first-order valence-electron chi connectivity index (χ1n) is 6.63. The molecule has 0 radical (unpaired) electrons. The summed E-state index contributed by atoms with van der Waals surface area (Å²) in [4.78, 5) is 23.6. The van der Waals surface area contributed by atoms with Crippen molar-refractivity contribution in [2.75, 3.05) is 6.61 Å². The van der Waals surface area contributed by atoms with E-state index in [1.807, 2.05) is 24.3 Å². The van der Waals surface area contributed by atoms with Gasteiger partial charge < -0.3 is 9.47 Å². The number of hydrogen-bond donors (Lipinski definition) is 0. The number of para-hydroxylation sites is 1. The van der Waals surface area contributed by atoms with Crippen LogP contribution in [0.15, 0.2) is 60.7 Å². The van der Waals surface area contributed by atoms with Crippen LogP contribution in [-0.4, -0.2) is 24.5 Å². The molecule has 0 saturated carbocycles. The molecule has 21 heavy (non-hydrogen) atoms. The minimum absolute atomic E-state index is 0.240. The molecule has 2 aromatic rings. The van der Waals surface area contributed by atoms with Gasteiger partial charge in [0, 0.05) is 5.56 Å². The van der Waals surface area contributed by atoms with Gasteiger partial charge in [0.25, 0.3) is 0 Å². The van der Waals surface area contributed by atoms with Crippen molar-refractivity contribution in [1.82, 2.24) is 0 Å². The summed E-state index contributed by atoms with van der Waals surface area (Å²) in [6.07, 6.45) is -0.768. The highest BCUT2D eigenvalue weighted by atomic mass is 16.6. The summed E-state index contributed by atoms with van der Waals surface area (Å²) < 4.78 is 10.4. The molecule has 0 heterocycles. The zero-order chi connectivity index (χ0) is 15.1. The van der Waals surface area contributed by atoms with Crippen LogP contribution < -0.4 is 4.74 Å². The molecule has 0 aliphatic rings. The second-order valence-corrected chi connectivity index (χ2v) is 4.47. The number of carbonyl (C=O) groups is 2. The Kier molecular flexibility index (Phi) is 5.10. The standard InChI is InChI=1S/C17H16O4/c1-13(21-15-10-6-3-7-11-15)17(19)20-12-16(18)14-8-4-2-5-9-14/h2-11,13H,12H2,1H3. The lowest BCUT2D eigenvalue weighted by Gasteiger charge is -2.13. The maximum atomic E-state index is 11.8. The van der Waals surface area contributed by atoms with Crippen LogP contribution in [0.3, 0.4) is 0 Å². The third-order valence-corrected chi connectivity index (χ3v) is 2.83. The number of carbonyl (C=O) groups excluding carboxylic acids is 2. The van der Waals surface area contributed by atoms with E-state index in [2.05, 4.69) is 0 Å². The number of hydrogen-bond acceptors (Lipinski definition) is 4. The van der Waals surface area contributed by atoms with Crippen LogP contribution in [0.25, 0.3) is 0 Å². The van der Waals surface area contributed by atoms with E-state index in [4.69, 9.17) is 9.47 Å². The maximum absolute atomic E-state index is 11.8. The van der Waals surface area contributed by atoms with Crippen LogP contribution in [0, 0.1) is 0 Å². The largest absolute Gasteiger partial charge is 0.479 e. The summed E-state index contributed by atoms with van der Waals surface area (Å²) in [5, 5.41) is 0. The molecule has 1 unspecified atom stereocenters. The molecule has 0 amide bonds. The fourth-order valence-corrected chi connectivity index (χ4v) is 1.71. The summed E-state index contributed by atoms with van der Waals surface area (Å²) in [6.45, 7) is 1.30. The van der Waals surface area contributed by atoms with Gasteiger partial charge in [-0.05, 0) is 19.1 Å². The van der Waals surface area contributed by atoms with E-state index in [9.17, 15) is 9.59 Å². The van der Waals surface area contributed by atoms with E-state index in [1.165, 1.54) is 0 Å². The van der Waals surface area contributed by atoms with Crippen molar-refractivity contribution >= 4 is 11.8 Å². The number of esters is 1. The number of ether oxygens (including phenoxy) is 2. The first-order chi connectivity index (χ1) is 10.2. The Morgan fingerprint density at radius 1 is 0.952 bits per heavy atom. The van der Waals surface area contributed by atoms with Crippen molar-refractivity contribution in [1.29, 1.82) is 0 Å². The molecule has 0 spiro atoms. The summed E-state index contributed by atoms with van der Waals surface area (Å²) in [6, 6.07) is 17.7. The van der Waals surface area contributed by atoms with Crippen molar-refractivity contribution in [3.8, 4) is 5.75 Å². The molecule has 0 aliphatic heterocycles. The SMILES string of the molecule is CC(Oc1ccccc1)C(=O)OCC(=O)c1ccccc1. The summed E-state index contributed by atoms with van der Waals surface area (Å²) in [5.41, 5.74) is 0.516. The van der Waals surface area contributed by atoms with Gasteiger partial charge in [0.2, 0.25) is 0 Å². The highest BCUT2D eigenvalue weighted by molar-refractivity contribution is 5.98. The quantitative estimate of drug-likeness (QED) is 0.604. The van der Waals surface area contributed by atoms with Crippen molar-refractivity contribution < 1.29 is 19.1 Å². The fourth-order valence-electron chi connectivity index (χ4n) is 1.71. The Labute approximate surface area is 123 Å². The van der Waals surface area contributed by atoms with Gasteiger partial charge in [-0.15, -0.1) is 0 Å². The van der Waals surface area contributed by atoms with Crippen LogP contribution in [0.2, 0.25) is 0 Å². The summed E-state index contributed by atoms with van der Waals surface area (Å²) in [5.74, 6) is -0.227. The van der Waals surface area contributed by atoms with Gasteiger partial charge in [0.1, 0.15) is 5.75 Å². The highest BCUT2D eigenvalue weighted by Gasteiger charge is 2.18. The molecule has 4 nitrogen and oxygen atoms in total. The van der Waals surface area contributed by atoms with Gasteiger partial charge in [-0.1, -0.05) is 48.5 Å². The van der Waals surface area contributed by atoms with Gasteiger partial charge in [-0.25, -0.2) is 4.79 Å². The molecular weight excluding hydrogens is 268 g/mol. The van der Waals surface area contributed by atoms with Crippen molar-refractivity contribution in [3.63, 3.8) is 0 Å². The Morgan fingerprint density at radius 2 is 1.52 bits per heavy atom. The molecule has 2 aromatic carbocycles. The first kappa shape index (κ1) is 14.8. The lowest BCUT2D eigenvalue weighted by molar-refractivity contribution is -0.149. The molecule has 2 rings (SSSR count). The molecule has 1 atom stereocenters. The van der Waals surface area contributed by atoms with E-state index in [0.717, 1.165) is 0 Å². The third-order valence-electron chi connectivity index (χ3n) is 2.83. The predicted octanol–water partition coefficient (Wildman–Crippen LogP) is 2.88. The first-order valence-corrected chi connectivity index (χ1v) is 6.63. The van der Waals surface area contributed by atoms with E-state index in [1.54, 1.807) is 43.3 Å². The molecule has 0 aromatic heterocycles. The molecule has 4 heteroatoms. The smallest absolute Gasteiger partial charge is 0.347 e. The van der Waals surface area contributed by atoms with Crippen LogP contribution in [0.5, 0.6) is 5.75 Å². The third kappa shape index (κ3) is 4.45.